The number of carbonyl (C=O) groups excluding carboxylic acids is 1. The molecule has 1 aromatic rings. The summed E-state index contributed by atoms with van der Waals surface area (Å²) in [5.74, 6) is 0.662. The molecule has 2 heterocycles. The molecule has 0 radical (unpaired) electrons. The van der Waals surface area contributed by atoms with Gasteiger partial charge in [0.25, 0.3) is 0 Å². The van der Waals surface area contributed by atoms with Gasteiger partial charge in [0.15, 0.2) is 0 Å². The first-order valence-corrected chi connectivity index (χ1v) is 8.80. The van der Waals surface area contributed by atoms with Gasteiger partial charge in [-0.25, -0.2) is 14.8 Å². The third-order valence-corrected chi connectivity index (χ3v) is 4.70. The second-order valence-electron chi connectivity index (χ2n) is 6.48. The van der Waals surface area contributed by atoms with E-state index < -0.39 is 16.4 Å². The number of ether oxygens (including phenoxy) is 1. The van der Waals surface area contributed by atoms with Crippen molar-refractivity contribution < 1.29 is 13.7 Å². The summed E-state index contributed by atoms with van der Waals surface area (Å²) in [6.07, 6.45) is 4.75. The lowest BCUT2D eigenvalue weighted by molar-refractivity contribution is 0.0176. The zero-order valence-corrected chi connectivity index (χ0v) is 14.1. The smallest absolute Gasteiger partial charge is 0.410 e. The third-order valence-electron chi connectivity index (χ3n) is 3.30. The Bertz CT molecular complexity index is 531. The Morgan fingerprint density at radius 2 is 2.09 bits per heavy atom. The van der Waals surface area contributed by atoms with Crippen molar-refractivity contribution in [1.29, 1.82) is 0 Å². The van der Waals surface area contributed by atoms with Crippen LogP contribution in [-0.4, -0.2) is 49.6 Å². The summed E-state index contributed by atoms with van der Waals surface area (Å²) in [5, 5.41) is 0.358. The Labute approximate surface area is 133 Å². The molecule has 0 spiro atoms. The van der Waals surface area contributed by atoms with Crippen LogP contribution in [0.4, 0.5) is 4.79 Å². The topological polar surface area (TPSA) is 72.4 Å². The van der Waals surface area contributed by atoms with Gasteiger partial charge in [0.1, 0.15) is 5.60 Å². The SMILES string of the molecule is CC(C)(C)OC(=O)N1CCCC(CS(=O)c2ncccn2)C1. The first-order chi connectivity index (χ1) is 10.3. The van der Waals surface area contributed by atoms with Crippen LogP contribution in [0.5, 0.6) is 0 Å². The van der Waals surface area contributed by atoms with Crippen LogP contribution in [0.1, 0.15) is 33.6 Å². The summed E-state index contributed by atoms with van der Waals surface area (Å²) in [4.78, 5) is 21.9. The van der Waals surface area contributed by atoms with E-state index in [0.717, 1.165) is 12.8 Å². The predicted octanol–water partition coefficient (Wildman–Crippen LogP) is 2.23. The molecule has 1 saturated heterocycles. The number of amides is 1. The summed E-state index contributed by atoms with van der Waals surface area (Å²) < 4.78 is 17.7. The van der Waals surface area contributed by atoms with Gasteiger partial charge in [0.2, 0.25) is 5.16 Å². The minimum Gasteiger partial charge on any atom is -0.444 e. The van der Waals surface area contributed by atoms with Crippen LogP contribution in [0.3, 0.4) is 0 Å². The lowest BCUT2D eigenvalue weighted by Gasteiger charge is -2.33. The first kappa shape index (κ1) is 16.9. The highest BCUT2D eigenvalue weighted by Gasteiger charge is 2.28. The van der Waals surface area contributed by atoms with Crippen molar-refractivity contribution in [3.05, 3.63) is 18.5 Å². The number of likely N-dealkylation sites (tertiary alicyclic amines) is 1. The van der Waals surface area contributed by atoms with Crippen LogP contribution in [0.25, 0.3) is 0 Å². The zero-order valence-electron chi connectivity index (χ0n) is 13.3. The molecule has 122 valence electrons. The normalized spacial score (nSPS) is 20.5. The van der Waals surface area contributed by atoms with Crippen molar-refractivity contribution in [2.45, 2.75) is 44.4 Å². The number of hydrogen-bond acceptors (Lipinski definition) is 5. The van der Waals surface area contributed by atoms with Gasteiger partial charge in [0, 0.05) is 31.2 Å². The van der Waals surface area contributed by atoms with E-state index in [-0.39, 0.29) is 12.0 Å². The Morgan fingerprint density at radius 3 is 2.73 bits per heavy atom. The molecule has 0 aliphatic carbocycles. The van der Waals surface area contributed by atoms with Crippen LogP contribution in [0.15, 0.2) is 23.6 Å². The molecule has 0 saturated carbocycles. The van der Waals surface area contributed by atoms with Crippen molar-refractivity contribution >= 4 is 16.9 Å². The van der Waals surface area contributed by atoms with E-state index in [0.29, 0.717) is 24.0 Å². The minimum atomic E-state index is -1.23. The molecule has 1 aliphatic rings. The maximum absolute atomic E-state index is 12.3. The molecule has 0 bridgehead atoms. The standard InChI is InChI=1S/C15H23N3O3S/c1-15(2,3)21-14(19)18-9-4-6-12(10-18)11-22(20)13-16-7-5-8-17-13/h5,7-8,12H,4,6,9-11H2,1-3H3. The molecule has 2 unspecified atom stereocenters. The molecule has 1 fully saturated rings. The summed E-state index contributed by atoms with van der Waals surface area (Å²) in [7, 11) is -1.23. The number of hydrogen-bond donors (Lipinski definition) is 0. The Morgan fingerprint density at radius 1 is 1.41 bits per heavy atom. The van der Waals surface area contributed by atoms with Crippen LogP contribution in [0.2, 0.25) is 0 Å². The first-order valence-electron chi connectivity index (χ1n) is 7.48. The van der Waals surface area contributed by atoms with Gasteiger partial charge in [0.05, 0.1) is 10.8 Å². The van der Waals surface area contributed by atoms with Gasteiger partial charge in [-0.15, -0.1) is 0 Å². The van der Waals surface area contributed by atoms with E-state index in [1.807, 2.05) is 20.8 Å². The lowest BCUT2D eigenvalue weighted by Crippen LogP contribution is -2.44. The molecule has 22 heavy (non-hydrogen) atoms. The molecular weight excluding hydrogens is 302 g/mol. The fourth-order valence-electron chi connectivity index (χ4n) is 2.39. The van der Waals surface area contributed by atoms with E-state index in [1.165, 1.54) is 0 Å². The molecule has 1 aliphatic heterocycles. The number of carbonyl (C=O) groups is 1. The van der Waals surface area contributed by atoms with Crippen LogP contribution in [-0.2, 0) is 15.5 Å². The highest BCUT2D eigenvalue weighted by molar-refractivity contribution is 7.84. The molecule has 0 N–H and O–H groups in total. The molecule has 2 atom stereocenters. The van der Waals surface area contributed by atoms with Crippen LogP contribution < -0.4 is 0 Å². The molecule has 0 aromatic carbocycles. The van der Waals surface area contributed by atoms with Crippen LogP contribution >= 0.6 is 0 Å². The number of rotatable bonds is 3. The highest BCUT2D eigenvalue weighted by atomic mass is 32.2. The highest BCUT2D eigenvalue weighted by Crippen LogP contribution is 2.21. The fraction of sp³-hybridized carbons (Fsp3) is 0.667. The van der Waals surface area contributed by atoms with E-state index in [4.69, 9.17) is 4.74 Å². The average molecular weight is 325 g/mol. The quantitative estimate of drug-likeness (QED) is 0.797. The molecule has 2 rings (SSSR count). The Hall–Kier alpha value is -1.50. The van der Waals surface area contributed by atoms with Crippen molar-refractivity contribution in [3.63, 3.8) is 0 Å². The van der Waals surface area contributed by atoms with Gasteiger partial charge in [-0.2, -0.15) is 0 Å². The average Bonchev–Trinajstić information content (AvgIpc) is 2.46. The molecule has 1 amide bonds. The maximum atomic E-state index is 12.3. The van der Waals surface area contributed by atoms with Crippen molar-refractivity contribution in [2.75, 3.05) is 18.8 Å². The molecule has 1 aromatic heterocycles. The number of aromatic nitrogens is 2. The largest absolute Gasteiger partial charge is 0.444 e. The summed E-state index contributed by atoms with van der Waals surface area (Å²) in [6, 6.07) is 1.70. The maximum Gasteiger partial charge on any atom is 0.410 e. The molecule has 6 nitrogen and oxygen atoms in total. The molecule has 7 heteroatoms. The second-order valence-corrected chi connectivity index (χ2v) is 7.87. The summed E-state index contributed by atoms with van der Waals surface area (Å²) in [6.45, 7) is 6.84. The van der Waals surface area contributed by atoms with E-state index in [2.05, 4.69) is 9.97 Å². The van der Waals surface area contributed by atoms with Gasteiger partial charge in [-0.3, -0.25) is 4.21 Å². The third kappa shape index (κ3) is 5.05. The molecular formula is C15H23N3O3S. The fourth-order valence-corrected chi connectivity index (χ4v) is 3.59. The van der Waals surface area contributed by atoms with Crippen molar-refractivity contribution in [3.8, 4) is 0 Å². The number of nitrogens with zero attached hydrogens (tertiary/aromatic N) is 3. The minimum absolute atomic E-state index is 0.186. The Balaban J connectivity index is 1.91. The van der Waals surface area contributed by atoms with Gasteiger partial charge in [-0.05, 0) is 45.6 Å². The second kappa shape index (κ2) is 7.17. The van der Waals surface area contributed by atoms with Crippen molar-refractivity contribution in [2.24, 2.45) is 5.92 Å². The van der Waals surface area contributed by atoms with Gasteiger partial charge in [-0.1, -0.05) is 0 Å². The van der Waals surface area contributed by atoms with Crippen LogP contribution in [0, 0.1) is 5.92 Å². The Kier molecular flexibility index (Phi) is 5.50. The van der Waals surface area contributed by atoms with E-state index >= 15 is 0 Å². The monoisotopic (exact) mass is 325 g/mol. The van der Waals surface area contributed by atoms with Gasteiger partial charge < -0.3 is 9.64 Å². The number of piperidine rings is 1. The lowest BCUT2D eigenvalue weighted by atomic mass is 10.0. The predicted molar refractivity (Wildman–Crippen MR) is 83.8 cm³/mol. The zero-order chi connectivity index (χ0) is 16.2. The van der Waals surface area contributed by atoms with Gasteiger partial charge >= 0.3 is 6.09 Å². The van der Waals surface area contributed by atoms with E-state index in [9.17, 15) is 9.00 Å². The summed E-state index contributed by atoms with van der Waals surface area (Å²) in [5.41, 5.74) is -0.495. The van der Waals surface area contributed by atoms with Crippen molar-refractivity contribution in [1.82, 2.24) is 14.9 Å². The van der Waals surface area contributed by atoms with E-state index in [1.54, 1.807) is 23.4 Å². The summed E-state index contributed by atoms with van der Waals surface area (Å²) >= 11 is 0.